The molecule has 0 aliphatic carbocycles. The van der Waals surface area contributed by atoms with Crippen LogP contribution in [0.3, 0.4) is 0 Å². The van der Waals surface area contributed by atoms with E-state index in [1.807, 2.05) is 6.92 Å². The Bertz CT molecular complexity index is 700. The summed E-state index contributed by atoms with van der Waals surface area (Å²) in [6.07, 6.45) is 3.05. The van der Waals surface area contributed by atoms with Crippen LogP contribution in [-0.4, -0.2) is 18.2 Å². The molecule has 1 N–H and O–H groups in total. The molecule has 0 aliphatic heterocycles. The average molecular weight is 309 g/mol. The van der Waals surface area contributed by atoms with E-state index in [2.05, 4.69) is 5.32 Å². The van der Waals surface area contributed by atoms with Crippen molar-refractivity contribution < 1.29 is 14.3 Å². The molecule has 0 aromatic heterocycles. The van der Waals surface area contributed by atoms with Crippen molar-refractivity contribution in [3.05, 3.63) is 71.9 Å². The first-order valence-electron chi connectivity index (χ1n) is 7.41. The fourth-order valence-electron chi connectivity index (χ4n) is 1.99. The van der Waals surface area contributed by atoms with Gasteiger partial charge in [-0.1, -0.05) is 0 Å². The molecule has 0 aliphatic rings. The second-order valence-corrected chi connectivity index (χ2v) is 4.93. The quantitative estimate of drug-likeness (QED) is 0.618. The third-order valence-electron chi connectivity index (χ3n) is 3.23. The Hall–Kier alpha value is -2.88. The van der Waals surface area contributed by atoms with Gasteiger partial charge in [0.1, 0.15) is 5.75 Å². The molecule has 4 heteroatoms. The van der Waals surface area contributed by atoms with Crippen molar-refractivity contribution in [3.63, 3.8) is 0 Å². The first-order valence-corrected chi connectivity index (χ1v) is 7.41. The summed E-state index contributed by atoms with van der Waals surface area (Å²) in [5, 5.41) is 3.01. The van der Waals surface area contributed by atoms with Crippen LogP contribution < -0.4 is 10.1 Å². The number of Topliss-reactive ketones (excluding diaryl/α,β-unsaturated/α-hetero) is 1. The molecule has 2 rings (SSSR count). The van der Waals surface area contributed by atoms with Crippen LogP contribution in [0.15, 0.2) is 60.8 Å². The van der Waals surface area contributed by atoms with Crippen molar-refractivity contribution in [3.8, 4) is 5.75 Å². The Morgan fingerprint density at radius 2 is 1.61 bits per heavy atom. The molecule has 0 saturated heterocycles. The van der Waals surface area contributed by atoms with Crippen LogP contribution in [0, 0.1) is 0 Å². The van der Waals surface area contributed by atoms with Gasteiger partial charge >= 0.3 is 0 Å². The van der Waals surface area contributed by atoms with Gasteiger partial charge in [-0.05, 0) is 62.4 Å². The van der Waals surface area contributed by atoms with Crippen molar-refractivity contribution in [1.82, 2.24) is 0 Å². The fourth-order valence-corrected chi connectivity index (χ4v) is 1.99. The molecule has 2 aromatic carbocycles. The molecule has 23 heavy (non-hydrogen) atoms. The largest absolute Gasteiger partial charge is 0.494 e. The summed E-state index contributed by atoms with van der Waals surface area (Å²) in [5.41, 5.74) is 2.06. The van der Waals surface area contributed by atoms with Crippen LogP contribution in [0.1, 0.15) is 34.6 Å². The number of benzene rings is 2. The van der Waals surface area contributed by atoms with E-state index in [0.717, 1.165) is 11.4 Å². The van der Waals surface area contributed by atoms with E-state index in [1.165, 1.54) is 13.0 Å². The molecule has 0 spiro atoms. The molecular formula is C19H19NO3. The minimum Gasteiger partial charge on any atom is -0.494 e. The summed E-state index contributed by atoms with van der Waals surface area (Å²) in [5.74, 6) is 0.676. The second kappa shape index (κ2) is 7.94. The number of carbonyl (C=O) groups is 2. The second-order valence-electron chi connectivity index (χ2n) is 4.93. The summed E-state index contributed by atoms with van der Waals surface area (Å²) < 4.78 is 5.34. The highest BCUT2D eigenvalue weighted by Crippen LogP contribution is 2.13. The molecule has 118 valence electrons. The highest BCUT2D eigenvalue weighted by atomic mass is 16.5. The van der Waals surface area contributed by atoms with Crippen LogP contribution in [0.25, 0.3) is 0 Å². The van der Waals surface area contributed by atoms with E-state index in [-0.39, 0.29) is 11.6 Å². The summed E-state index contributed by atoms with van der Waals surface area (Å²) in [6.45, 7) is 4.04. The maximum atomic E-state index is 12.0. The predicted molar refractivity (Wildman–Crippen MR) is 91.2 cm³/mol. The monoisotopic (exact) mass is 309 g/mol. The standard InChI is InChI=1S/C19H19NO3/c1-3-23-18-10-6-16(7-11-18)19(22)12-13-20-17-8-4-15(5-9-17)14(2)21/h4-13,20H,3H2,1-2H3. The lowest BCUT2D eigenvalue weighted by atomic mass is 10.1. The zero-order valence-electron chi connectivity index (χ0n) is 13.2. The normalized spacial score (nSPS) is 10.5. The van der Waals surface area contributed by atoms with E-state index in [4.69, 9.17) is 4.74 Å². The van der Waals surface area contributed by atoms with Crippen molar-refractivity contribution in [2.24, 2.45) is 0 Å². The number of hydrogen-bond acceptors (Lipinski definition) is 4. The number of allylic oxidation sites excluding steroid dienone is 1. The molecule has 0 atom stereocenters. The minimum absolute atomic E-state index is 0.0257. The number of hydrogen-bond donors (Lipinski definition) is 1. The van der Waals surface area contributed by atoms with E-state index in [0.29, 0.717) is 17.7 Å². The lowest BCUT2D eigenvalue weighted by Gasteiger charge is -2.03. The highest BCUT2D eigenvalue weighted by Gasteiger charge is 2.02. The summed E-state index contributed by atoms with van der Waals surface area (Å²) in [4.78, 5) is 23.2. The summed E-state index contributed by atoms with van der Waals surface area (Å²) in [6, 6.07) is 14.1. The van der Waals surface area contributed by atoms with Gasteiger partial charge in [-0.3, -0.25) is 9.59 Å². The fraction of sp³-hybridized carbons (Fsp3) is 0.158. The topological polar surface area (TPSA) is 55.4 Å². The van der Waals surface area contributed by atoms with E-state index in [9.17, 15) is 9.59 Å². The Kier molecular flexibility index (Phi) is 5.69. The number of rotatable bonds is 7. The zero-order valence-corrected chi connectivity index (χ0v) is 13.2. The van der Waals surface area contributed by atoms with Gasteiger partial charge in [0.15, 0.2) is 11.6 Å². The number of ether oxygens (including phenoxy) is 1. The smallest absolute Gasteiger partial charge is 0.187 e. The molecule has 0 unspecified atom stereocenters. The number of anilines is 1. The first kappa shape index (κ1) is 16.5. The van der Waals surface area contributed by atoms with Crippen LogP contribution in [-0.2, 0) is 0 Å². The van der Waals surface area contributed by atoms with Crippen LogP contribution >= 0.6 is 0 Å². The molecule has 0 saturated carbocycles. The predicted octanol–water partition coefficient (Wildman–Crippen LogP) is 4.10. The molecule has 2 aromatic rings. The van der Waals surface area contributed by atoms with Gasteiger partial charge in [-0.2, -0.15) is 0 Å². The maximum Gasteiger partial charge on any atom is 0.187 e. The van der Waals surface area contributed by atoms with Gasteiger partial charge in [0.2, 0.25) is 0 Å². The van der Waals surface area contributed by atoms with Gasteiger partial charge in [0.05, 0.1) is 6.61 Å². The molecule has 0 fully saturated rings. The molecule has 0 heterocycles. The Labute approximate surface area is 135 Å². The molecule has 0 radical (unpaired) electrons. The first-order chi connectivity index (χ1) is 11.1. The van der Waals surface area contributed by atoms with Crippen molar-refractivity contribution >= 4 is 17.3 Å². The van der Waals surface area contributed by atoms with Crippen LogP contribution in [0.5, 0.6) is 5.75 Å². The van der Waals surface area contributed by atoms with Crippen LogP contribution in [0.2, 0.25) is 0 Å². The summed E-state index contributed by atoms with van der Waals surface area (Å²) in [7, 11) is 0. The minimum atomic E-state index is -0.0964. The molecule has 4 nitrogen and oxygen atoms in total. The lowest BCUT2D eigenvalue weighted by molar-refractivity contribution is 0.101. The Balaban J connectivity index is 1.94. The van der Waals surface area contributed by atoms with Crippen LogP contribution in [0.4, 0.5) is 5.69 Å². The number of ketones is 2. The van der Waals surface area contributed by atoms with E-state index >= 15 is 0 Å². The molecular weight excluding hydrogens is 290 g/mol. The van der Waals surface area contributed by atoms with Crippen molar-refractivity contribution in [1.29, 1.82) is 0 Å². The maximum absolute atomic E-state index is 12.0. The average Bonchev–Trinajstić information content (AvgIpc) is 2.56. The summed E-state index contributed by atoms with van der Waals surface area (Å²) >= 11 is 0. The van der Waals surface area contributed by atoms with Crippen molar-refractivity contribution in [2.75, 3.05) is 11.9 Å². The van der Waals surface area contributed by atoms with E-state index < -0.39 is 0 Å². The van der Waals surface area contributed by atoms with E-state index in [1.54, 1.807) is 54.7 Å². The van der Waals surface area contributed by atoms with Gasteiger partial charge in [0.25, 0.3) is 0 Å². The Morgan fingerprint density at radius 3 is 2.17 bits per heavy atom. The molecule has 0 amide bonds. The third-order valence-corrected chi connectivity index (χ3v) is 3.23. The molecule has 0 bridgehead atoms. The Morgan fingerprint density at radius 1 is 1.00 bits per heavy atom. The zero-order chi connectivity index (χ0) is 16.7. The number of carbonyl (C=O) groups excluding carboxylic acids is 2. The van der Waals surface area contributed by atoms with Gasteiger partial charge in [-0.25, -0.2) is 0 Å². The van der Waals surface area contributed by atoms with Gasteiger partial charge < -0.3 is 10.1 Å². The number of nitrogens with one attached hydrogen (secondary N) is 1. The lowest BCUT2D eigenvalue weighted by Crippen LogP contribution is -1.97. The highest BCUT2D eigenvalue weighted by molar-refractivity contribution is 6.04. The SMILES string of the molecule is CCOc1ccc(C(=O)C=CNc2ccc(C(C)=O)cc2)cc1. The van der Waals surface area contributed by atoms with Crippen molar-refractivity contribution in [2.45, 2.75) is 13.8 Å². The van der Waals surface area contributed by atoms with Gasteiger partial charge in [-0.15, -0.1) is 0 Å². The third kappa shape index (κ3) is 4.81. The van der Waals surface area contributed by atoms with Gasteiger partial charge in [0, 0.05) is 29.1 Å².